The molecule has 0 bridgehead atoms. The number of hydrogen-bond donors (Lipinski definition) is 1. The summed E-state index contributed by atoms with van der Waals surface area (Å²) in [5, 5.41) is 4.31. The molecule has 2 saturated carbocycles. The highest BCUT2D eigenvalue weighted by Gasteiger charge is 2.63. The molecular formula is C21H25ClFN3S. The monoisotopic (exact) mass is 405 g/mol. The van der Waals surface area contributed by atoms with Crippen molar-refractivity contribution in [3.8, 4) is 0 Å². The van der Waals surface area contributed by atoms with Crippen molar-refractivity contribution >= 4 is 23.8 Å². The Labute approximate surface area is 169 Å². The Hall–Kier alpha value is -1.17. The molecule has 0 amide bonds. The van der Waals surface area contributed by atoms with Crippen LogP contribution >= 0.6 is 23.8 Å². The van der Waals surface area contributed by atoms with E-state index in [-0.39, 0.29) is 11.2 Å². The first-order chi connectivity index (χ1) is 13.0. The third kappa shape index (κ3) is 2.73. The molecule has 2 aliphatic carbocycles. The quantitative estimate of drug-likeness (QED) is 0.717. The van der Waals surface area contributed by atoms with E-state index >= 15 is 0 Å². The van der Waals surface area contributed by atoms with E-state index in [1.165, 1.54) is 43.1 Å². The van der Waals surface area contributed by atoms with E-state index in [2.05, 4.69) is 21.5 Å². The van der Waals surface area contributed by atoms with Gasteiger partial charge in [-0.15, -0.1) is 0 Å². The molecule has 0 spiro atoms. The maximum Gasteiger partial charge on any atom is 0.180 e. The van der Waals surface area contributed by atoms with Gasteiger partial charge in [-0.1, -0.05) is 24.4 Å². The fourth-order valence-corrected chi connectivity index (χ4v) is 5.92. The molecular weight excluding hydrogens is 381 g/mol. The molecule has 0 radical (unpaired) electrons. The van der Waals surface area contributed by atoms with Crippen molar-refractivity contribution in [1.29, 1.82) is 0 Å². The lowest BCUT2D eigenvalue weighted by Crippen LogP contribution is -2.28. The highest BCUT2D eigenvalue weighted by Crippen LogP contribution is 2.66. The molecule has 2 atom stereocenters. The number of fused-ring (bicyclic) bond motifs is 3. The summed E-state index contributed by atoms with van der Waals surface area (Å²) in [6.07, 6.45) is 7.26. The summed E-state index contributed by atoms with van der Waals surface area (Å²) in [4.78, 5) is 0. The predicted molar refractivity (Wildman–Crippen MR) is 109 cm³/mol. The van der Waals surface area contributed by atoms with Crippen LogP contribution in [0.1, 0.15) is 55.0 Å². The summed E-state index contributed by atoms with van der Waals surface area (Å²) >= 11 is 11.9. The number of aromatic nitrogens is 2. The smallest absolute Gasteiger partial charge is 0.180 e. The standard InChI is InChI=1S/C21H25ClFN3S/c1-25-18(8-9-24-14-4-2-3-5-14)19-16-11-21(16,12-26(19)20(25)27)15-10-13(22)6-7-17(15)23/h6-7,10,14,16,24H,2-5,8-9,11-12H2,1H3/t16?,21-/m1/s1. The van der Waals surface area contributed by atoms with E-state index < -0.39 is 0 Å². The van der Waals surface area contributed by atoms with Gasteiger partial charge in [0, 0.05) is 60.3 Å². The minimum Gasteiger partial charge on any atom is -0.324 e. The van der Waals surface area contributed by atoms with Crippen LogP contribution < -0.4 is 5.32 Å². The lowest BCUT2D eigenvalue weighted by molar-refractivity contribution is 0.520. The molecule has 2 aromatic rings. The molecule has 27 heavy (non-hydrogen) atoms. The molecule has 144 valence electrons. The molecule has 1 aromatic heterocycles. The van der Waals surface area contributed by atoms with Crippen LogP contribution in [-0.4, -0.2) is 21.7 Å². The predicted octanol–water partition coefficient (Wildman–Crippen LogP) is 4.86. The molecule has 1 aliphatic heterocycles. The Bertz CT molecular complexity index is 959. The first-order valence-electron chi connectivity index (χ1n) is 9.98. The molecule has 0 saturated heterocycles. The van der Waals surface area contributed by atoms with E-state index in [1.807, 2.05) is 6.07 Å². The zero-order valence-electron chi connectivity index (χ0n) is 15.6. The summed E-state index contributed by atoms with van der Waals surface area (Å²) in [6.45, 7) is 1.75. The summed E-state index contributed by atoms with van der Waals surface area (Å²) < 4.78 is 19.8. The lowest BCUT2D eigenvalue weighted by atomic mass is 9.93. The SMILES string of the molecule is Cn1c(CCNC2CCCC2)c2n(c1=S)C[C@@]1(c3cc(Cl)ccc3F)CC21. The highest BCUT2D eigenvalue weighted by molar-refractivity contribution is 7.71. The van der Waals surface area contributed by atoms with E-state index in [4.69, 9.17) is 23.8 Å². The number of halogens is 2. The van der Waals surface area contributed by atoms with Crippen molar-refractivity contribution in [3.05, 3.63) is 50.8 Å². The van der Waals surface area contributed by atoms with Crippen LogP contribution in [0.3, 0.4) is 0 Å². The van der Waals surface area contributed by atoms with Crippen molar-refractivity contribution in [2.45, 2.75) is 62.4 Å². The van der Waals surface area contributed by atoms with Gasteiger partial charge in [-0.2, -0.15) is 0 Å². The van der Waals surface area contributed by atoms with Crippen molar-refractivity contribution in [2.75, 3.05) is 6.54 Å². The van der Waals surface area contributed by atoms with Crippen LogP contribution in [0.15, 0.2) is 18.2 Å². The van der Waals surface area contributed by atoms with Gasteiger partial charge in [-0.3, -0.25) is 0 Å². The Morgan fingerprint density at radius 3 is 2.89 bits per heavy atom. The van der Waals surface area contributed by atoms with Crippen LogP contribution in [-0.2, 0) is 25.4 Å². The first-order valence-corrected chi connectivity index (χ1v) is 10.8. The summed E-state index contributed by atoms with van der Waals surface area (Å²) in [7, 11) is 2.07. The second kappa shape index (κ2) is 6.43. The van der Waals surface area contributed by atoms with Crippen molar-refractivity contribution in [1.82, 2.24) is 14.5 Å². The molecule has 1 N–H and O–H groups in total. The maximum atomic E-state index is 14.6. The average Bonchev–Trinajstić information content (AvgIpc) is 2.97. The minimum absolute atomic E-state index is 0.146. The molecule has 1 unspecified atom stereocenters. The Kier molecular flexibility index (Phi) is 4.26. The van der Waals surface area contributed by atoms with Gasteiger partial charge in [0.1, 0.15) is 5.82 Å². The van der Waals surface area contributed by atoms with Gasteiger partial charge >= 0.3 is 0 Å². The third-order valence-electron chi connectivity index (χ3n) is 6.97. The number of rotatable bonds is 5. The average molecular weight is 406 g/mol. The maximum absolute atomic E-state index is 14.6. The summed E-state index contributed by atoms with van der Waals surface area (Å²) in [6, 6.07) is 5.61. The zero-order valence-corrected chi connectivity index (χ0v) is 17.2. The Morgan fingerprint density at radius 2 is 2.11 bits per heavy atom. The van der Waals surface area contributed by atoms with Crippen LogP contribution in [0.2, 0.25) is 5.02 Å². The van der Waals surface area contributed by atoms with Gasteiger partial charge in [0.15, 0.2) is 4.77 Å². The van der Waals surface area contributed by atoms with Crippen LogP contribution in [0, 0.1) is 10.6 Å². The van der Waals surface area contributed by atoms with Crippen molar-refractivity contribution < 1.29 is 4.39 Å². The van der Waals surface area contributed by atoms with Gasteiger partial charge in [0.05, 0.1) is 0 Å². The third-order valence-corrected chi connectivity index (χ3v) is 7.70. The Balaban J connectivity index is 1.42. The number of imidazole rings is 1. The van der Waals surface area contributed by atoms with Gasteiger partial charge in [0.2, 0.25) is 0 Å². The van der Waals surface area contributed by atoms with E-state index in [9.17, 15) is 4.39 Å². The van der Waals surface area contributed by atoms with Crippen LogP contribution in [0.25, 0.3) is 0 Å². The first kappa shape index (κ1) is 17.9. The molecule has 3 aliphatic rings. The van der Waals surface area contributed by atoms with Gasteiger partial charge in [0.25, 0.3) is 0 Å². The second-order valence-corrected chi connectivity index (χ2v) is 9.28. The molecule has 2 heterocycles. The number of hydrogen-bond acceptors (Lipinski definition) is 2. The van der Waals surface area contributed by atoms with Crippen molar-refractivity contribution in [2.24, 2.45) is 7.05 Å². The number of nitrogens with zero attached hydrogens (tertiary/aromatic N) is 2. The molecule has 3 nitrogen and oxygen atoms in total. The fourth-order valence-electron chi connectivity index (χ4n) is 5.47. The lowest BCUT2D eigenvalue weighted by Gasteiger charge is -2.15. The zero-order chi connectivity index (χ0) is 18.8. The topological polar surface area (TPSA) is 21.9 Å². The van der Waals surface area contributed by atoms with Crippen LogP contribution in [0.4, 0.5) is 4.39 Å². The van der Waals surface area contributed by atoms with Gasteiger partial charge in [-0.25, -0.2) is 4.39 Å². The molecule has 1 aromatic carbocycles. The highest BCUT2D eigenvalue weighted by atomic mass is 35.5. The van der Waals surface area contributed by atoms with Crippen LogP contribution in [0.5, 0.6) is 0 Å². The number of benzene rings is 1. The largest absolute Gasteiger partial charge is 0.324 e. The van der Waals surface area contributed by atoms with Crippen molar-refractivity contribution in [3.63, 3.8) is 0 Å². The summed E-state index contributed by atoms with van der Waals surface area (Å²) in [5.74, 6) is 0.210. The van der Waals surface area contributed by atoms with Gasteiger partial charge in [-0.05, 0) is 55.2 Å². The van der Waals surface area contributed by atoms with Gasteiger partial charge < -0.3 is 14.5 Å². The summed E-state index contributed by atoms with van der Waals surface area (Å²) in [5.41, 5.74) is 3.25. The normalized spacial score (nSPS) is 26.4. The Morgan fingerprint density at radius 1 is 1.33 bits per heavy atom. The van der Waals surface area contributed by atoms with E-state index in [0.29, 0.717) is 17.0 Å². The molecule has 6 heteroatoms. The molecule has 2 fully saturated rings. The number of nitrogens with one attached hydrogen (secondary N) is 1. The fraction of sp³-hybridized carbons (Fsp3) is 0.571. The minimum atomic E-state index is -0.153. The second-order valence-electron chi connectivity index (χ2n) is 8.48. The van der Waals surface area contributed by atoms with E-state index in [0.717, 1.165) is 36.3 Å². The molecule has 5 rings (SSSR count). The van der Waals surface area contributed by atoms with E-state index in [1.54, 1.807) is 6.07 Å².